The minimum Gasteiger partial charge on any atom is -0.0772 e. The number of unbranched alkanes of at least 4 members (excludes halogenated alkanes) is 2. The van der Waals surface area contributed by atoms with Crippen molar-refractivity contribution >= 4 is 8.46 Å². The lowest BCUT2D eigenvalue weighted by Gasteiger charge is -1.97. The molecule has 0 aliphatic heterocycles. The van der Waals surface area contributed by atoms with Crippen LogP contribution in [-0.2, 0) is 4.57 Å². The predicted molar refractivity (Wildman–Crippen MR) is 47.2 cm³/mol. The van der Waals surface area contributed by atoms with E-state index in [1.807, 2.05) is 0 Å². The summed E-state index contributed by atoms with van der Waals surface area (Å²) in [5.41, 5.74) is 0.478. The molecule has 0 fully saturated rings. The van der Waals surface area contributed by atoms with Crippen LogP contribution >= 0.6 is 8.46 Å². The van der Waals surface area contributed by atoms with Gasteiger partial charge < -0.3 is 0 Å². The van der Waals surface area contributed by atoms with E-state index in [0.29, 0.717) is 5.66 Å². The molecular weight excluding hydrogens is 143 g/mol. The third-order valence-electron chi connectivity index (χ3n) is 1.82. The van der Waals surface area contributed by atoms with Gasteiger partial charge in [-0.1, -0.05) is 31.3 Å². The van der Waals surface area contributed by atoms with E-state index in [-0.39, 0.29) is 8.46 Å². The lowest BCUT2D eigenvalue weighted by atomic mass is 10.1. The van der Waals surface area contributed by atoms with Crippen molar-refractivity contribution in [2.24, 2.45) is 0 Å². The number of hydrogen-bond acceptors (Lipinski definition) is 1. The Balaban J connectivity index is 3.17. The van der Waals surface area contributed by atoms with Crippen LogP contribution in [0.4, 0.5) is 0 Å². The molecule has 0 aliphatic carbocycles. The highest BCUT2D eigenvalue weighted by Gasteiger charge is 2.10. The van der Waals surface area contributed by atoms with E-state index in [4.69, 9.17) is 0 Å². The zero-order valence-electron chi connectivity index (χ0n) is 7.02. The first-order valence-corrected chi connectivity index (χ1v) is 5.21. The van der Waals surface area contributed by atoms with Crippen LogP contribution in [0.15, 0.2) is 0 Å². The molecule has 1 nitrogen and oxygen atoms in total. The Kier molecular flexibility index (Phi) is 7.28. The minimum atomic E-state index is -0.0898. The first-order chi connectivity index (χ1) is 4.85. The molecule has 2 atom stereocenters. The maximum atomic E-state index is 10.5. The summed E-state index contributed by atoms with van der Waals surface area (Å²) in [5, 5.41) is 0. The second-order valence-corrected chi connectivity index (χ2v) is 3.77. The van der Waals surface area contributed by atoms with Crippen molar-refractivity contribution in [2.45, 2.75) is 51.6 Å². The summed E-state index contributed by atoms with van der Waals surface area (Å²) < 4.78 is 10.5. The van der Waals surface area contributed by atoms with Crippen molar-refractivity contribution in [3.8, 4) is 0 Å². The van der Waals surface area contributed by atoms with Gasteiger partial charge in [0.05, 0.1) is 0 Å². The van der Waals surface area contributed by atoms with Gasteiger partial charge in [-0.05, 0) is 19.3 Å². The molecule has 0 heterocycles. The SMILES string of the molecule is CCCCCC(CC)[PH+]=O. The van der Waals surface area contributed by atoms with Gasteiger partial charge in [-0.2, -0.15) is 0 Å². The molecule has 0 aromatic heterocycles. The molecule has 2 heteroatoms. The van der Waals surface area contributed by atoms with Gasteiger partial charge in [-0.3, -0.25) is 0 Å². The van der Waals surface area contributed by atoms with Crippen molar-refractivity contribution in [2.75, 3.05) is 0 Å². The molecule has 0 amide bonds. The average Bonchev–Trinajstić information content (AvgIpc) is 1.99. The molecule has 0 aliphatic rings. The average molecular weight is 161 g/mol. The van der Waals surface area contributed by atoms with Crippen LogP contribution in [0.5, 0.6) is 0 Å². The van der Waals surface area contributed by atoms with E-state index >= 15 is 0 Å². The maximum Gasteiger partial charge on any atom is 0.327 e. The van der Waals surface area contributed by atoms with Crippen LogP contribution in [0.2, 0.25) is 0 Å². The van der Waals surface area contributed by atoms with Gasteiger partial charge in [0.25, 0.3) is 0 Å². The van der Waals surface area contributed by atoms with Crippen LogP contribution in [0.1, 0.15) is 46.0 Å². The molecule has 0 bridgehead atoms. The predicted octanol–water partition coefficient (Wildman–Crippen LogP) is 3.37. The second-order valence-electron chi connectivity index (χ2n) is 2.72. The first-order valence-electron chi connectivity index (χ1n) is 4.22. The van der Waals surface area contributed by atoms with Crippen LogP contribution in [0.25, 0.3) is 0 Å². The molecule has 0 radical (unpaired) electrons. The third kappa shape index (κ3) is 4.93. The lowest BCUT2D eigenvalue weighted by Crippen LogP contribution is -1.94. The Morgan fingerprint density at radius 2 is 2.00 bits per heavy atom. The highest BCUT2D eigenvalue weighted by Crippen LogP contribution is 2.17. The highest BCUT2D eigenvalue weighted by atomic mass is 31.1. The van der Waals surface area contributed by atoms with E-state index < -0.39 is 0 Å². The first kappa shape index (κ1) is 10.1. The molecule has 0 spiro atoms. The molecule has 60 valence electrons. The molecule has 0 N–H and O–H groups in total. The van der Waals surface area contributed by atoms with Gasteiger partial charge in [0.1, 0.15) is 0 Å². The van der Waals surface area contributed by atoms with Crippen LogP contribution < -0.4 is 0 Å². The van der Waals surface area contributed by atoms with Crippen LogP contribution in [0.3, 0.4) is 0 Å². The Morgan fingerprint density at radius 3 is 2.40 bits per heavy atom. The fourth-order valence-electron chi connectivity index (χ4n) is 0.987. The normalized spacial score (nSPS) is 13.8. The summed E-state index contributed by atoms with van der Waals surface area (Å²) >= 11 is 0. The van der Waals surface area contributed by atoms with E-state index in [2.05, 4.69) is 13.8 Å². The molecular formula is C8H18OP+. The standard InChI is InChI=1S/C8H17OP/c1-3-5-6-7-8(4-2)10-9/h8H,3-7H2,1-2H3/p+1. The van der Waals surface area contributed by atoms with Gasteiger partial charge in [0, 0.05) is 0 Å². The van der Waals surface area contributed by atoms with E-state index in [1.165, 1.54) is 19.3 Å². The minimum absolute atomic E-state index is 0.0898. The third-order valence-corrected chi connectivity index (χ3v) is 2.85. The summed E-state index contributed by atoms with van der Waals surface area (Å²) in [6.07, 6.45) is 6.04. The topological polar surface area (TPSA) is 17.1 Å². The Hall–Kier alpha value is 0.100. The molecule has 0 saturated heterocycles. The van der Waals surface area contributed by atoms with Gasteiger partial charge >= 0.3 is 8.46 Å². The monoisotopic (exact) mass is 161 g/mol. The maximum absolute atomic E-state index is 10.5. The number of hydrogen-bond donors (Lipinski definition) is 0. The zero-order chi connectivity index (χ0) is 7.82. The van der Waals surface area contributed by atoms with E-state index in [9.17, 15) is 4.57 Å². The highest BCUT2D eigenvalue weighted by molar-refractivity contribution is 7.24. The Labute approximate surface area is 65.4 Å². The second kappa shape index (κ2) is 7.21. The summed E-state index contributed by atoms with van der Waals surface area (Å²) in [6.45, 7) is 4.31. The largest absolute Gasteiger partial charge is 0.327 e. The summed E-state index contributed by atoms with van der Waals surface area (Å²) in [4.78, 5) is 0. The number of rotatable bonds is 6. The molecule has 0 saturated carbocycles. The fourth-order valence-corrected chi connectivity index (χ4v) is 1.48. The van der Waals surface area contributed by atoms with Crippen molar-refractivity contribution < 1.29 is 4.57 Å². The van der Waals surface area contributed by atoms with E-state index in [0.717, 1.165) is 12.8 Å². The van der Waals surface area contributed by atoms with Gasteiger partial charge in [-0.15, -0.1) is 0 Å². The molecule has 0 rings (SSSR count). The zero-order valence-corrected chi connectivity index (χ0v) is 8.02. The fraction of sp³-hybridized carbons (Fsp3) is 1.00. The molecule has 2 unspecified atom stereocenters. The van der Waals surface area contributed by atoms with Crippen LogP contribution in [0, 0.1) is 0 Å². The molecule has 0 aromatic rings. The summed E-state index contributed by atoms with van der Waals surface area (Å²) in [6, 6.07) is 0. The molecule has 10 heavy (non-hydrogen) atoms. The van der Waals surface area contributed by atoms with Crippen molar-refractivity contribution in [3.63, 3.8) is 0 Å². The Bertz CT molecular complexity index is 83.3. The smallest absolute Gasteiger partial charge is 0.0772 e. The van der Waals surface area contributed by atoms with Crippen molar-refractivity contribution in [1.29, 1.82) is 0 Å². The van der Waals surface area contributed by atoms with E-state index in [1.54, 1.807) is 0 Å². The lowest BCUT2D eigenvalue weighted by molar-refractivity contribution is 0.571. The Morgan fingerprint density at radius 1 is 1.30 bits per heavy atom. The van der Waals surface area contributed by atoms with Gasteiger partial charge in [-0.25, -0.2) is 0 Å². The van der Waals surface area contributed by atoms with Gasteiger partial charge in [0.15, 0.2) is 5.66 Å². The van der Waals surface area contributed by atoms with Crippen LogP contribution in [-0.4, -0.2) is 5.66 Å². The summed E-state index contributed by atoms with van der Waals surface area (Å²) in [7, 11) is -0.0898. The van der Waals surface area contributed by atoms with Gasteiger partial charge in [0.2, 0.25) is 0 Å². The van der Waals surface area contributed by atoms with Crippen molar-refractivity contribution in [3.05, 3.63) is 0 Å². The molecule has 0 aromatic carbocycles. The van der Waals surface area contributed by atoms with Crippen molar-refractivity contribution in [1.82, 2.24) is 0 Å². The quantitative estimate of drug-likeness (QED) is 0.431. The summed E-state index contributed by atoms with van der Waals surface area (Å²) in [5.74, 6) is 0.